The van der Waals surface area contributed by atoms with Gasteiger partial charge >= 0.3 is 6.18 Å². The van der Waals surface area contributed by atoms with E-state index in [-0.39, 0.29) is 18.4 Å². The number of rotatable bonds is 3. The second kappa shape index (κ2) is 7.69. The highest BCUT2D eigenvalue weighted by Crippen LogP contribution is 2.21. The van der Waals surface area contributed by atoms with Crippen molar-refractivity contribution in [1.29, 1.82) is 0 Å². The molecule has 0 bridgehead atoms. The molecule has 2 fully saturated rings. The van der Waals surface area contributed by atoms with E-state index in [0.717, 1.165) is 18.8 Å². The molecule has 1 unspecified atom stereocenters. The van der Waals surface area contributed by atoms with Gasteiger partial charge in [0.2, 0.25) is 0 Å². The summed E-state index contributed by atoms with van der Waals surface area (Å²) < 4.78 is 50.4. The van der Waals surface area contributed by atoms with Gasteiger partial charge in [-0.15, -0.1) is 0 Å². The maximum atomic E-state index is 13.0. The Morgan fingerprint density at radius 2 is 1.73 bits per heavy atom. The summed E-state index contributed by atoms with van der Waals surface area (Å²) in [5.74, 6) is 0.127. The fourth-order valence-corrected chi connectivity index (χ4v) is 3.43. The van der Waals surface area contributed by atoms with E-state index in [0.29, 0.717) is 32.0 Å². The first-order valence-electron chi connectivity index (χ1n) is 8.68. The first-order valence-corrected chi connectivity index (χ1v) is 8.68. The molecule has 5 nitrogen and oxygen atoms in total. The Balaban J connectivity index is 1.50. The summed E-state index contributed by atoms with van der Waals surface area (Å²) >= 11 is 0. The van der Waals surface area contributed by atoms with Crippen molar-refractivity contribution in [3.05, 3.63) is 30.1 Å². The predicted molar refractivity (Wildman–Crippen MR) is 92.7 cm³/mol. The highest BCUT2D eigenvalue weighted by Gasteiger charge is 2.34. The monoisotopic (exact) mass is 373 g/mol. The number of piperazine rings is 1. The van der Waals surface area contributed by atoms with Crippen molar-refractivity contribution in [2.24, 2.45) is 10.7 Å². The Morgan fingerprint density at radius 1 is 1.08 bits per heavy atom. The van der Waals surface area contributed by atoms with Crippen molar-refractivity contribution in [2.75, 3.05) is 50.7 Å². The molecule has 1 aromatic rings. The van der Waals surface area contributed by atoms with Gasteiger partial charge in [-0.3, -0.25) is 4.90 Å². The smallest absolute Gasteiger partial charge is 0.370 e. The Bertz CT molecular complexity index is 623. The molecule has 0 spiro atoms. The number of hydrogen-bond donors (Lipinski definition) is 1. The largest absolute Gasteiger partial charge is 0.401 e. The normalized spacial score (nSPS) is 22.9. The van der Waals surface area contributed by atoms with Crippen LogP contribution in [-0.2, 0) is 0 Å². The van der Waals surface area contributed by atoms with Crippen LogP contribution in [0.3, 0.4) is 0 Å². The zero-order chi connectivity index (χ0) is 18.7. The molecule has 0 saturated carbocycles. The zero-order valence-electron chi connectivity index (χ0n) is 14.4. The molecule has 0 amide bonds. The lowest BCUT2D eigenvalue weighted by atomic mass is 10.2. The van der Waals surface area contributed by atoms with E-state index in [1.807, 2.05) is 4.90 Å². The summed E-state index contributed by atoms with van der Waals surface area (Å²) in [6.45, 7) is 2.58. The molecule has 0 aromatic heterocycles. The summed E-state index contributed by atoms with van der Waals surface area (Å²) in [5.41, 5.74) is 7.03. The van der Waals surface area contributed by atoms with Crippen molar-refractivity contribution in [3.63, 3.8) is 0 Å². The molecule has 1 aromatic carbocycles. The van der Waals surface area contributed by atoms with Crippen LogP contribution in [0, 0.1) is 5.82 Å². The Kier molecular flexibility index (Phi) is 5.55. The summed E-state index contributed by atoms with van der Waals surface area (Å²) in [4.78, 5) is 9.90. The van der Waals surface area contributed by atoms with E-state index in [1.165, 1.54) is 17.0 Å². The number of aliphatic imine (C=N–C) groups is 1. The van der Waals surface area contributed by atoms with Crippen molar-refractivity contribution in [1.82, 2.24) is 9.80 Å². The molecule has 2 saturated heterocycles. The van der Waals surface area contributed by atoms with Gasteiger partial charge in [-0.05, 0) is 30.7 Å². The van der Waals surface area contributed by atoms with E-state index < -0.39 is 12.7 Å². The maximum Gasteiger partial charge on any atom is 0.401 e. The van der Waals surface area contributed by atoms with Crippen molar-refractivity contribution in [2.45, 2.75) is 18.6 Å². The van der Waals surface area contributed by atoms with Gasteiger partial charge < -0.3 is 15.5 Å². The maximum absolute atomic E-state index is 13.0. The van der Waals surface area contributed by atoms with Gasteiger partial charge in [0.25, 0.3) is 0 Å². The van der Waals surface area contributed by atoms with Crippen LogP contribution >= 0.6 is 0 Å². The molecule has 0 aliphatic carbocycles. The summed E-state index contributed by atoms with van der Waals surface area (Å²) in [6.07, 6.45) is -3.59. The third-order valence-corrected chi connectivity index (χ3v) is 4.76. The average Bonchev–Trinajstić information content (AvgIpc) is 3.00. The van der Waals surface area contributed by atoms with Crippen LogP contribution in [-0.4, -0.2) is 73.8 Å². The van der Waals surface area contributed by atoms with Gasteiger partial charge in [0.15, 0.2) is 5.96 Å². The SMILES string of the molecule is NC(=NC1CCN(CC(F)(F)F)C1)N1CCN(c2ccc(F)cc2)CC1. The quantitative estimate of drug-likeness (QED) is 0.500. The van der Waals surface area contributed by atoms with Crippen molar-refractivity contribution >= 4 is 11.6 Å². The first kappa shape index (κ1) is 18.8. The molecule has 2 aliphatic heterocycles. The molecule has 1 atom stereocenters. The number of halogens is 4. The minimum atomic E-state index is -4.18. The summed E-state index contributed by atoms with van der Waals surface area (Å²) in [6, 6.07) is 6.17. The van der Waals surface area contributed by atoms with Crippen LogP contribution in [0.25, 0.3) is 0 Å². The number of nitrogens with zero attached hydrogens (tertiary/aromatic N) is 4. The van der Waals surface area contributed by atoms with Crippen LogP contribution in [0.1, 0.15) is 6.42 Å². The number of guanidine groups is 1. The molecule has 0 radical (unpaired) electrons. The van der Waals surface area contributed by atoms with Crippen LogP contribution in [0.5, 0.6) is 0 Å². The molecule has 2 aliphatic rings. The standard InChI is InChI=1S/C17H23F4N5/c18-13-1-3-15(4-2-13)25-7-9-26(10-8-25)16(22)23-14-5-6-24(11-14)12-17(19,20)21/h1-4,14H,5-12H2,(H2,22,23). The summed E-state index contributed by atoms with van der Waals surface area (Å²) in [5, 5.41) is 0. The third-order valence-electron chi connectivity index (χ3n) is 4.76. The van der Waals surface area contributed by atoms with Crippen molar-refractivity contribution in [3.8, 4) is 0 Å². The lowest BCUT2D eigenvalue weighted by Gasteiger charge is -2.36. The number of likely N-dealkylation sites (tertiary alicyclic amines) is 1. The zero-order valence-corrected chi connectivity index (χ0v) is 14.4. The van der Waals surface area contributed by atoms with Gasteiger partial charge in [-0.1, -0.05) is 0 Å². The van der Waals surface area contributed by atoms with E-state index in [1.54, 1.807) is 12.1 Å². The van der Waals surface area contributed by atoms with E-state index in [9.17, 15) is 17.6 Å². The van der Waals surface area contributed by atoms with E-state index in [4.69, 9.17) is 5.73 Å². The van der Waals surface area contributed by atoms with Gasteiger partial charge in [0, 0.05) is 45.0 Å². The number of hydrogen-bond acceptors (Lipinski definition) is 3. The highest BCUT2D eigenvalue weighted by atomic mass is 19.4. The minimum Gasteiger partial charge on any atom is -0.370 e. The van der Waals surface area contributed by atoms with Gasteiger partial charge in [0.1, 0.15) is 5.82 Å². The molecule has 2 heterocycles. The second-order valence-corrected chi connectivity index (χ2v) is 6.73. The molecule has 3 rings (SSSR count). The molecular formula is C17H23F4N5. The van der Waals surface area contributed by atoms with E-state index in [2.05, 4.69) is 9.89 Å². The number of anilines is 1. The molecule has 144 valence electrons. The second-order valence-electron chi connectivity index (χ2n) is 6.73. The lowest BCUT2D eigenvalue weighted by molar-refractivity contribution is -0.143. The van der Waals surface area contributed by atoms with Crippen LogP contribution in [0.4, 0.5) is 23.2 Å². The van der Waals surface area contributed by atoms with Crippen LogP contribution < -0.4 is 10.6 Å². The highest BCUT2D eigenvalue weighted by molar-refractivity contribution is 5.78. The Morgan fingerprint density at radius 3 is 2.35 bits per heavy atom. The van der Waals surface area contributed by atoms with Crippen LogP contribution in [0.15, 0.2) is 29.3 Å². The average molecular weight is 373 g/mol. The lowest BCUT2D eigenvalue weighted by Crippen LogP contribution is -2.51. The molecular weight excluding hydrogens is 350 g/mol. The Hall–Kier alpha value is -2.03. The number of alkyl halides is 3. The van der Waals surface area contributed by atoms with Gasteiger partial charge in [0.05, 0.1) is 12.6 Å². The fourth-order valence-electron chi connectivity index (χ4n) is 3.43. The van der Waals surface area contributed by atoms with E-state index >= 15 is 0 Å². The number of nitrogens with two attached hydrogens (primary N) is 1. The molecule has 26 heavy (non-hydrogen) atoms. The number of benzene rings is 1. The molecule has 9 heteroatoms. The van der Waals surface area contributed by atoms with Crippen molar-refractivity contribution < 1.29 is 17.6 Å². The van der Waals surface area contributed by atoms with Crippen LogP contribution in [0.2, 0.25) is 0 Å². The minimum absolute atomic E-state index is 0.188. The molecule has 2 N–H and O–H groups in total. The fraction of sp³-hybridized carbons (Fsp3) is 0.588. The van der Waals surface area contributed by atoms with Gasteiger partial charge in [-0.25, -0.2) is 9.38 Å². The van der Waals surface area contributed by atoms with Gasteiger partial charge in [-0.2, -0.15) is 13.2 Å². The Labute approximate surface area is 150 Å². The first-order chi connectivity index (χ1) is 12.3. The third kappa shape index (κ3) is 5.00. The summed E-state index contributed by atoms with van der Waals surface area (Å²) in [7, 11) is 0. The predicted octanol–water partition coefficient (Wildman–Crippen LogP) is 1.90. The topological polar surface area (TPSA) is 48.1 Å².